The van der Waals surface area contributed by atoms with Gasteiger partial charge in [0.2, 0.25) is 0 Å². The number of halogens is 1. The predicted molar refractivity (Wildman–Crippen MR) is 177 cm³/mol. The molecular formula is C36H33FN4O4S. The van der Waals surface area contributed by atoms with E-state index >= 15 is 4.39 Å². The molecule has 0 bridgehead atoms. The number of benzene rings is 4. The maximum absolute atomic E-state index is 15.5. The fraction of sp³-hybridized carbons (Fsp3) is 0.167. The fourth-order valence-corrected chi connectivity index (χ4v) is 6.20. The SMILES string of the molecule is CN(CCSc1c(Oc2cccc(-c3ncc(C(C)(O)c4ccccc4)[nH]3)c2)c(F)cc2[nH]ccc12)C(=O)OCc1ccccc1. The van der Waals surface area contributed by atoms with Gasteiger partial charge in [0, 0.05) is 48.1 Å². The summed E-state index contributed by atoms with van der Waals surface area (Å²) in [6.45, 7) is 2.28. The molecule has 3 N–H and O–H groups in total. The van der Waals surface area contributed by atoms with Crippen LogP contribution in [0.15, 0.2) is 114 Å². The van der Waals surface area contributed by atoms with Gasteiger partial charge in [0.15, 0.2) is 11.6 Å². The van der Waals surface area contributed by atoms with Crippen molar-refractivity contribution in [3.63, 3.8) is 0 Å². The Morgan fingerprint density at radius 3 is 2.57 bits per heavy atom. The number of aliphatic hydroxyl groups is 1. The van der Waals surface area contributed by atoms with Crippen molar-refractivity contribution in [1.82, 2.24) is 19.9 Å². The van der Waals surface area contributed by atoms with E-state index < -0.39 is 17.5 Å². The van der Waals surface area contributed by atoms with Gasteiger partial charge in [-0.25, -0.2) is 14.2 Å². The van der Waals surface area contributed by atoms with Crippen LogP contribution < -0.4 is 4.74 Å². The average molecular weight is 637 g/mol. The zero-order valence-corrected chi connectivity index (χ0v) is 26.2. The minimum absolute atomic E-state index is 0.0932. The average Bonchev–Trinajstić information content (AvgIpc) is 3.77. The summed E-state index contributed by atoms with van der Waals surface area (Å²) in [5, 5.41) is 12.0. The number of nitrogens with zero attached hydrogens (tertiary/aromatic N) is 2. The van der Waals surface area contributed by atoms with Gasteiger partial charge in [-0.1, -0.05) is 72.8 Å². The summed E-state index contributed by atoms with van der Waals surface area (Å²) in [4.78, 5) is 25.5. The highest BCUT2D eigenvalue weighted by Crippen LogP contribution is 2.41. The third-order valence-electron chi connectivity index (χ3n) is 7.67. The molecule has 234 valence electrons. The molecule has 46 heavy (non-hydrogen) atoms. The number of ether oxygens (including phenoxy) is 2. The summed E-state index contributed by atoms with van der Waals surface area (Å²) in [6.07, 6.45) is 2.93. The maximum Gasteiger partial charge on any atom is 0.409 e. The Morgan fingerprint density at radius 1 is 1.02 bits per heavy atom. The van der Waals surface area contributed by atoms with Crippen molar-refractivity contribution in [3.05, 3.63) is 132 Å². The molecule has 6 rings (SSSR count). The van der Waals surface area contributed by atoms with Crippen LogP contribution in [0.25, 0.3) is 22.3 Å². The molecule has 10 heteroatoms. The van der Waals surface area contributed by atoms with Gasteiger partial charge in [-0.3, -0.25) is 0 Å². The normalized spacial score (nSPS) is 12.5. The van der Waals surface area contributed by atoms with E-state index in [1.165, 1.54) is 22.7 Å². The first-order chi connectivity index (χ1) is 22.3. The standard InChI is InChI=1S/C36H33FN4O4S/c1-36(43,26-13-7-4-8-14-26)31-22-39-34(40-31)25-12-9-15-27(20-25)45-32-29(37)21-30-28(16-17-38-30)33(32)46-19-18-41(2)35(42)44-23-24-10-5-3-6-11-24/h3-17,20-22,38,43H,18-19,23H2,1-2H3,(H,39,40). The van der Waals surface area contributed by atoms with Crippen molar-refractivity contribution in [2.24, 2.45) is 0 Å². The lowest BCUT2D eigenvalue weighted by Crippen LogP contribution is -2.29. The van der Waals surface area contributed by atoms with Gasteiger partial charge in [0.25, 0.3) is 0 Å². The Balaban J connectivity index is 1.18. The van der Waals surface area contributed by atoms with Crippen LogP contribution in [-0.2, 0) is 16.9 Å². The first-order valence-corrected chi connectivity index (χ1v) is 15.7. The lowest BCUT2D eigenvalue weighted by molar-refractivity contribution is 0.0979. The summed E-state index contributed by atoms with van der Waals surface area (Å²) in [6, 6.07) is 29.3. The molecule has 0 spiro atoms. The highest BCUT2D eigenvalue weighted by molar-refractivity contribution is 7.99. The molecule has 0 fully saturated rings. The van der Waals surface area contributed by atoms with Crippen molar-refractivity contribution in [2.45, 2.75) is 24.0 Å². The maximum atomic E-state index is 15.5. The Kier molecular flexibility index (Phi) is 9.09. The van der Waals surface area contributed by atoms with Crippen LogP contribution in [0.4, 0.5) is 9.18 Å². The van der Waals surface area contributed by atoms with Crippen molar-refractivity contribution in [1.29, 1.82) is 0 Å². The molecular weight excluding hydrogens is 603 g/mol. The second-order valence-electron chi connectivity index (χ2n) is 11.0. The van der Waals surface area contributed by atoms with E-state index in [0.717, 1.165) is 16.5 Å². The molecule has 1 atom stereocenters. The number of aromatic nitrogens is 3. The summed E-state index contributed by atoms with van der Waals surface area (Å²) in [5.41, 5.74) is 2.26. The molecule has 0 saturated carbocycles. The van der Waals surface area contributed by atoms with Crippen molar-refractivity contribution >= 4 is 28.8 Å². The number of rotatable bonds is 11. The summed E-state index contributed by atoms with van der Waals surface area (Å²) in [7, 11) is 1.67. The summed E-state index contributed by atoms with van der Waals surface area (Å²) >= 11 is 1.40. The first-order valence-electron chi connectivity index (χ1n) is 14.8. The number of carbonyl (C=O) groups is 1. The third kappa shape index (κ3) is 6.78. The lowest BCUT2D eigenvalue weighted by atomic mass is 9.93. The molecule has 6 aromatic rings. The lowest BCUT2D eigenvalue weighted by Gasteiger charge is -2.22. The van der Waals surface area contributed by atoms with E-state index in [0.29, 0.717) is 45.5 Å². The smallest absolute Gasteiger partial charge is 0.409 e. The van der Waals surface area contributed by atoms with Crippen LogP contribution >= 0.6 is 11.8 Å². The van der Waals surface area contributed by atoms with E-state index in [1.807, 2.05) is 72.8 Å². The van der Waals surface area contributed by atoms with Gasteiger partial charge in [-0.2, -0.15) is 0 Å². The van der Waals surface area contributed by atoms with Gasteiger partial charge < -0.3 is 29.4 Å². The molecule has 0 radical (unpaired) electrons. The van der Waals surface area contributed by atoms with Gasteiger partial charge in [0.1, 0.15) is 23.8 Å². The quantitative estimate of drug-likeness (QED) is 0.124. The topological polar surface area (TPSA) is 103 Å². The highest BCUT2D eigenvalue weighted by Gasteiger charge is 2.28. The van der Waals surface area contributed by atoms with Crippen molar-refractivity contribution < 1.29 is 23.8 Å². The van der Waals surface area contributed by atoms with Gasteiger partial charge in [-0.15, -0.1) is 11.8 Å². The summed E-state index contributed by atoms with van der Waals surface area (Å²) < 4.78 is 27.2. The van der Waals surface area contributed by atoms with E-state index in [4.69, 9.17) is 9.47 Å². The number of nitrogens with one attached hydrogen (secondary N) is 2. The molecule has 0 aliphatic heterocycles. The minimum Gasteiger partial charge on any atom is -0.453 e. The molecule has 1 unspecified atom stereocenters. The van der Waals surface area contributed by atoms with Crippen LogP contribution in [0, 0.1) is 5.82 Å². The van der Waals surface area contributed by atoms with Crippen molar-refractivity contribution in [2.75, 3.05) is 19.3 Å². The number of hydrogen-bond acceptors (Lipinski definition) is 6. The van der Waals surface area contributed by atoms with Crippen LogP contribution in [0.2, 0.25) is 0 Å². The van der Waals surface area contributed by atoms with Gasteiger partial charge in [-0.05, 0) is 36.2 Å². The third-order valence-corrected chi connectivity index (χ3v) is 8.75. The van der Waals surface area contributed by atoms with Gasteiger partial charge >= 0.3 is 6.09 Å². The Hall–Kier alpha value is -5.06. The molecule has 2 heterocycles. The largest absolute Gasteiger partial charge is 0.453 e. The molecule has 0 saturated heterocycles. The van der Waals surface area contributed by atoms with Crippen LogP contribution in [-0.4, -0.2) is 50.4 Å². The second kappa shape index (κ2) is 13.5. The Labute approximate surface area is 270 Å². The first kappa shape index (κ1) is 30.9. The molecule has 0 aliphatic rings. The molecule has 1 amide bonds. The van der Waals surface area contributed by atoms with E-state index in [1.54, 1.807) is 44.6 Å². The Morgan fingerprint density at radius 2 is 1.78 bits per heavy atom. The number of H-pyrrole nitrogens is 2. The highest BCUT2D eigenvalue weighted by atomic mass is 32.2. The second-order valence-corrected chi connectivity index (χ2v) is 12.1. The fourth-order valence-electron chi connectivity index (χ4n) is 5.02. The minimum atomic E-state index is -1.27. The van der Waals surface area contributed by atoms with E-state index in [9.17, 15) is 9.90 Å². The van der Waals surface area contributed by atoms with E-state index in [-0.39, 0.29) is 12.4 Å². The number of aromatic amines is 2. The number of carbonyl (C=O) groups excluding carboxylic acids is 1. The van der Waals surface area contributed by atoms with Crippen LogP contribution in [0.1, 0.15) is 23.7 Å². The number of amides is 1. The zero-order valence-electron chi connectivity index (χ0n) is 25.4. The summed E-state index contributed by atoms with van der Waals surface area (Å²) in [5.74, 6) is 1.01. The van der Waals surface area contributed by atoms with Crippen LogP contribution in [0.3, 0.4) is 0 Å². The number of hydrogen-bond donors (Lipinski definition) is 3. The number of fused-ring (bicyclic) bond motifs is 1. The molecule has 2 aromatic heterocycles. The molecule has 0 aliphatic carbocycles. The van der Waals surface area contributed by atoms with Crippen molar-refractivity contribution in [3.8, 4) is 22.9 Å². The Bertz CT molecular complexity index is 1940. The van der Waals surface area contributed by atoms with E-state index in [2.05, 4.69) is 15.0 Å². The van der Waals surface area contributed by atoms with Crippen LogP contribution in [0.5, 0.6) is 11.5 Å². The van der Waals surface area contributed by atoms with Gasteiger partial charge in [0.05, 0.1) is 16.8 Å². The predicted octanol–water partition coefficient (Wildman–Crippen LogP) is 8.11. The zero-order chi connectivity index (χ0) is 32.1. The molecule has 8 nitrogen and oxygen atoms in total. The number of imidazole rings is 1. The monoisotopic (exact) mass is 636 g/mol. The number of thioether (sulfide) groups is 1. The molecule has 4 aromatic carbocycles.